The smallest absolute Gasteiger partial charge is 0.185 e. The van der Waals surface area contributed by atoms with E-state index in [1.165, 1.54) is 18.2 Å². The van der Waals surface area contributed by atoms with Gasteiger partial charge in [-0.05, 0) is 59.7 Å². The molecule has 0 spiro atoms. The van der Waals surface area contributed by atoms with Crippen LogP contribution in [0.1, 0.15) is 81.9 Å². The highest BCUT2D eigenvalue weighted by molar-refractivity contribution is 6.07. The van der Waals surface area contributed by atoms with Crippen LogP contribution in [0.3, 0.4) is 0 Å². The van der Waals surface area contributed by atoms with Crippen LogP contribution >= 0.6 is 0 Å². The Kier molecular flexibility index (Phi) is 7.02. The molecule has 0 atom stereocenters. The molecule has 0 aliphatic heterocycles. The van der Waals surface area contributed by atoms with Crippen molar-refractivity contribution in [1.82, 2.24) is 0 Å². The molecule has 0 unspecified atom stereocenters. The Bertz CT molecular complexity index is 923. The van der Waals surface area contributed by atoms with Gasteiger partial charge in [-0.1, -0.05) is 48.5 Å². The monoisotopic (exact) mass is 410 g/mol. The van der Waals surface area contributed by atoms with Gasteiger partial charge in [0.2, 0.25) is 0 Å². The molecule has 162 valence electrons. The molecule has 0 heterocycles. The molecule has 2 aromatic rings. The number of benzene rings is 2. The fraction of sp³-hybridized carbons (Fsp3) is 0.423. The Balaban J connectivity index is 2.67. The van der Waals surface area contributed by atoms with Gasteiger partial charge in [-0.15, -0.1) is 0 Å². The molecule has 0 aromatic heterocycles. The van der Waals surface area contributed by atoms with Gasteiger partial charge in [0.05, 0.1) is 12.2 Å². The molecule has 0 aliphatic carbocycles. The van der Waals surface area contributed by atoms with Crippen LogP contribution in [0, 0.1) is 0 Å². The van der Waals surface area contributed by atoms with E-state index in [0.29, 0.717) is 23.5 Å². The third-order valence-electron chi connectivity index (χ3n) is 4.91. The molecule has 0 saturated carbocycles. The Morgan fingerprint density at radius 1 is 0.967 bits per heavy atom. The Hall–Kier alpha value is -2.75. The quantitative estimate of drug-likeness (QED) is 0.428. The van der Waals surface area contributed by atoms with Crippen LogP contribution in [0.25, 0.3) is 6.08 Å². The van der Waals surface area contributed by atoms with Crippen molar-refractivity contribution in [3.63, 3.8) is 0 Å². The van der Waals surface area contributed by atoms with E-state index in [1.54, 1.807) is 18.2 Å². The lowest BCUT2D eigenvalue weighted by molar-refractivity contribution is 0.104. The standard InChI is InChI=1S/C26H34O4/c1-8-15-30-24-19(13-14-22(28)17-9-11-18(27)12-10-17)23(29)20(25(2,3)4)16-21(24)26(5,6)7/h9-14,16,27,29H,8,15H2,1-7H3/b14-13+. The lowest BCUT2D eigenvalue weighted by atomic mass is 9.78. The minimum atomic E-state index is -0.281. The highest BCUT2D eigenvalue weighted by Crippen LogP contribution is 2.45. The van der Waals surface area contributed by atoms with Gasteiger partial charge in [0, 0.05) is 16.7 Å². The number of carbonyl (C=O) groups excluding carboxylic acids is 1. The summed E-state index contributed by atoms with van der Waals surface area (Å²) in [5, 5.41) is 20.6. The largest absolute Gasteiger partial charge is 0.508 e. The molecular weight excluding hydrogens is 376 g/mol. The average molecular weight is 411 g/mol. The third-order valence-corrected chi connectivity index (χ3v) is 4.91. The van der Waals surface area contributed by atoms with Crippen molar-refractivity contribution >= 4 is 11.9 Å². The highest BCUT2D eigenvalue weighted by Gasteiger charge is 2.29. The first-order valence-electron chi connectivity index (χ1n) is 10.4. The summed E-state index contributed by atoms with van der Waals surface area (Å²) in [7, 11) is 0. The molecule has 2 N–H and O–H groups in total. The van der Waals surface area contributed by atoms with Gasteiger partial charge < -0.3 is 14.9 Å². The number of ketones is 1. The molecule has 2 rings (SSSR count). The van der Waals surface area contributed by atoms with E-state index in [2.05, 4.69) is 41.5 Å². The summed E-state index contributed by atoms with van der Waals surface area (Å²) in [6, 6.07) is 8.13. The van der Waals surface area contributed by atoms with Crippen molar-refractivity contribution < 1.29 is 19.7 Å². The fourth-order valence-electron chi connectivity index (χ4n) is 3.20. The van der Waals surface area contributed by atoms with Crippen molar-refractivity contribution in [2.24, 2.45) is 0 Å². The zero-order valence-electron chi connectivity index (χ0n) is 19.2. The minimum Gasteiger partial charge on any atom is -0.508 e. The van der Waals surface area contributed by atoms with Gasteiger partial charge in [-0.25, -0.2) is 0 Å². The molecular formula is C26H34O4. The maximum absolute atomic E-state index is 12.6. The van der Waals surface area contributed by atoms with Crippen LogP contribution in [0.4, 0.5) is 0 Å². The van der Waals surface area contributed by atoms with E-state index >= 15 is 0 Å². The highest BCUT2D eigenvalue weighted by atomic mass is 16.5. The van der Waals surface area contributed by atoms with Crippen LogP contribution < -0.4 is 4.74 Å². The second kappa shape index (κ2) is 8.95. The van der Waals surface area contributed by atoms with Crippen molar-refractivity contribution in [3.05, 3.63) is 58.7 Å². The lowest BCUT2D eigenvalue weighted by Gasteiger charge is -2.30. The number of aromatic hydroxyl groups is 2. The van der Waals surface area contributed by atoms with Crippen molar-refractivity contribution in [2.45, 2.75) is 65.7 Å². The Morgan fingerprint density at radius 2 is 1.53 bits per heavy atom. The maximum atomic E-state index is 12.6. The zero-order valence-corrected chi connectivity index (χ0v) is 19.2. The first-order chi connectivity index (χ1) is 13.9. The van der Waals surface area contributed by atoms with Gasteiger partial charge in [0.25, 0.3) is 0 Å². The second-order valence-electron chi connectivity index (χ2n) is 9.66. The predicted molar refractivity (Wildman–Crippen MR) is 123 cm³/mol. The summed E-state index contributed by atoms with van der Waals surface area (Å²) >= 11 is 0. The van der Waals surface area contributed by atoms with E-state index in [-0.39, 0.29) is 28.1 Å². The number of ether oxygens (including phenoxy) is 1. The number of hydrogen-bond donors (Lipinski definition) is 2. The number of hydrogen-bond acceptors (Lipinski definition) is 4. The summed E-state index contributed by atoms with van der Waals surface area (Å²) in [5.74, 6) is 0.645. The normalized spacial score (nSPS) is 12.4. The second-order valence-corrected chi connectivity index (χ2v) is 9.66. The van der Waals surface area contributed by atoms with Crippen molar-refractivity contribution in [2.75, 3.05) is 6.61 Å². The van der Waals surface area contributed by atoms with Gasteiger partial charge >= 0.3 is 0 Å². The van der Waals surface area contributed by atoms with Crippen LogP contribution in [-0.2, 0) is 10.8 Å². The summed E-state index contributed by atoms with van der Waals surface area (Å²) in [6.07, 6.45) is 3.92. The first kappa shape index (κ1) is 23.5. The molecule has 30 heavy (non-hydrogen) atoms. The van der Waals surface area contributed by atoms with Crippen LogP contribution in [0.15, 0.2) is 36.4 Å². The zero-order chi connectivity index (χ0) is 22.7. The van der Waals surface area contributed by atoms with Gasteiger partial charge in [0.1, 0.15) is 17.2 Å². The molecule has 4 nitrogen and oxygen atoms in total. The lowest BCUT2D eigenvalue weighted by Crippen LogP contribution is -2.19. The number of allylic oxidation sites excluding steroid dienone is 1. The number of phenolic OH excluding ortho intramolecular Hbond substituents is 2. The van der Waals surface area contributed by atoms with Crippen molar-refractivity contribution in [1.29, 1.82) is 0 Å². The molecule has 0 aliphatic rings. The molecule has 4 heteroatoms. The van der Waals surface area contributed by atoms with Crippen LogP contribution in [0.5, 0.6) is 17.2 Å². The predicted octanol–water partition coefficient (Wildman–Crippen LogP) is 6.38. The molecule has 0 saturated heterocycles. The van der Waals surface area contributed by atoms with E-state index in [9.17, 15) is 15.0 Å². The van der Waals surface area contributed by atoms with E-state index in [0.717, 1.165) is 17.5 Å². The average Bonchev–Trinajstić information content (AvgIpc) is 2.63. The molecule has 0 amide bonds. The van der Waals surface area contributed by atoms with Crippen molar-refractivity contribution in [3.8, 4) is 17.2 Å². The van der Waals surface area contributed by atoms with Gasteiger partial charge in [-0.2, -0.15) is 0 Å². The molecule has 0 fully saturated rings. The van der Waals surface area contributed by atoms with Gasteiger partial charge in [-0.3, -0.25) is 4.79 Å². The summed E-state index contributed by atoms with van der Waals surface area (Å²) in [6.45, 7) is 15.0. The molecule has 2 aromatic carbocycles. The SMILES string of the molecule is CCCOc1c(C(C)(C)C)cc(C(C)(C)C)c(O)c1/C=C/C(=O)c1ccc(O)cc1. The summed E-state index contributed by atoms with van der Waals surface area (Å²) in [5.41, 5.74) is 2.30. The number of rotatable bonds is 6. The first-order valence-corrected chi connectivity index (χ1v) is 10.4. The summed E-state index contributed by atoms with van der Waals surface area (Å²) < 4.78 is 6.09. The van der Waals surface area contributed by atoms with Crippen LogP contribution in [0.2, 0.25) is 0 Å². The Labute approximate surface area is 180 Å². The third kappa shape index (κ3) is 5.44. The summed E-state index contributed by atoms with van der Waals surface area (Å²) in [4.78, 5) is 12.6. The minimum absolute atomic E-state index is 0.108. The Morgan fingerprint density at radius 3 is 2.03 bits per heavy atom. The maximum Gasteiger partial charge on any atom is 0.185 e. The molecule has 0 radical (unpaired) electrons. The fourth-order valence-corrected chi connectivity index (χ4v) is 3.20. The van der Waals surface area contributed by atoms with E-state index in [4.69, 9.17) is 4.74 Å². The number of phenols is 2. The van der Waals surface area contributed by atoms with E-state index < -0.39 is 0 Å². The molecule has 0 bridgehead atoms. The van der Waals surface area contributed by atoms with Gasteiger partial charge in [0.15, 0.2) is 5.78 Å². The number of carbonyl (C=O) groups is 1. The van der Waals surface area contributed by atoms with Crippen LogP contribution in [-0.4, -0.2) is 22.6 Å². The topological polar surface area (TPSA) is 66.8 Å². The van der Waals surface area contributed by atoms with E-state index in [1.807, 2.05) is 13.0 Å².